The summed E-state index contributed by atoms with van der Waals surface area (Å²) in [5, 5.41) is 20.8. The normalized spacial score (nSPS) is 11.6. The maximum absolute atomic E-state index is 11.3. The van der Waals surface area contributed by atoms with Crippen LogP contribution in [0.1, 0.15) is 27.2 Å². The van der Waals surface area contributed by atoms with Crippen LogP contribution in [0.5, 0.6) is 0 Å². The Balaban J connectivity index is 3.74. The Bertz CT molecular complexity index is 358. The first-order chi connectivity index (χ1) is 8.76. The second kappa shape index (κ2) is 8.12. The summed E-state index contributed by atoms with van der Waals surface area (Å²) in [6.45, 7) is 6.25. The minimum absolute atomic E-state index is 0.125. The lowest BCUT2D eigenvalue weighted by molar-refractivity contribution is -0.132. The zero-order valence-corrected chi connectivity index (χ0v) is 11.4. The van der Waals surface area contributed by atoms with Gasteiger partial charge in [-0.1, -0.05) is 0 Å². The first kappa shape index (κ1) is 16.9. The SMILES string of the molecule is CC(C)(C)OC(=O)NCCCN/C=C(\C=N)C(=O)O. The van der Waals surface area contributed by atoms with Crippen molar-refractivity contribution in [1.82, 2.24) is 10.6 Å². The van der Waals surface area contributed by atoms with Crippen molar-refractivity contribution in [3.63, 3.8) is 0 Å². The van der Waals surface area contributed by atoms with Gasteiger partial charge in [0.2, 0.25) is 0 Å². The molecule has 4 N–H and O–H groups in total. The molecule has 0 bridgehead atoms. The van der Waals surface area contributed by atoms with Crippen LogP contribution in [-0.2, 0) is 9.53 Å². The second-order valence-electron chi connectivity index (χ2n) is 4.79. The van der Waals surface area contributed by atoms with Crippen molar-refractivity contribution in [2.75, 3.05) is 13.1 Å². The highest BCUT2D eigenvalue weighted by molar-refractivity contribution is 6.07. The fraction of sp³-hybridized carbons (Fsp3) is 0.583. The van der Waals surface area contributed by atoms with Crippen LogP contribution in [-0.4, -0.2) is 42.1 Å². The molecule has 0 atom stereocenters. The summed E-state index contributed by atoms with van der Waals surface area (Å²) in [5.41, 5.74) is -0.647. The van der Waals surface area contributed by atoms with E-state index in [1.54, 1.807) is 20.8 Å². The van der Waals surface area contributed by atoms with Gasteiger partial charge in [0.25, 0.3) is 0 Å². The van der Waals surface area contributed by atoms with Gasteiger partial charge in [0.05, 0.1) is 5.57 Å². The molecule has 0 aliphatic rings. The average Bonchev–Trinajstić information content (AvgIpc) is 2.25. The van der Waals surface area contributed by atoms with Gasteiger partial charge in [-0.2, -0.15) is 0 Å². The zero-order valence-electron chi connectivity index (χ0n) is 11.4. The predicted octanol–water partition coefficient (Wildman–Crippen LogP) is 1.11. The molecule has 19 heavy (non-hydrogen) atoms. The number of nitrogens with one attached hydrogen (secondary N) is 3. The summed E-state index contributed by atoms with van der Waals surface area (Å²) < 4.78 is 5.04. The lowest BCUT2D eigenvalue weighted by Gasteiger charge is -2.19. The van der Waals surface area contributed by atoms with Crippen LogP contribution >= 0.6 is 0 Å². The second-order valence-corrected chi connectivity index (χ2v) is 4.79. The number of rotatable bonds is 7. The number of aliphatic carboxylic acids is 1. The lowest BCUT2D eigenvalue weighted by Crippen LogP contribution is -2.33. The monoisotopic (exact) mass is 271 g/mol. The largest absolute Gasteiger partial charge is 0.478 e. The molecule has 0 saturated heterocycles. The van der Waals surface area contributed by atoms with Gasteiger partial charge in [-0.3, -0.25) is 0 Å². The van der Waals surface area contributed by atoms with Crippen LogP contribution in [0.4, 0.5) is 4.79 Å². The third-order valence-electron chi connectivity index (χ3n) is 1.83. The van der Waals surface area contributed by atoms with Gasteiger partial charge in [-0.15, -0.1) is 0 Å². The van der Waals surface area contributed by atoms with Crippen molar-refractivity contribution >= 4 is 18.3 Å². The Morgan fingerprint density at radius 1 is 1.32 bits per heavy atom. The topological polar surface area (TPSA) is 112 Å². The quantitative estimate of drug-likeness (QED) is 0.315. The predicted molar refractivity (Wildman–Crippen MR) is 71.4 cm³/mol. The van der Waals surface area contributed by atoms with Crippen molar-refractivity contribution in [2.45, 2.75) is 32.8 Å². The van der Waals surface area contributed by atoms with E-state index in [2.05, 4.69) is 10.6 Å². The summed E-state index contributed by atoms with van der Waals surface area (Å²) >= 11 is 0. The standard InChI is InChI=1S/C12H21N3O4/c1-12(2,3)19-11(18)15-6-4-5-14-8-9(7-13)10(16)17/h7-8,13-14H,4-6H2,1-3H3,(H,15,18)(H,16,17)/b9-8+,13-7?. The highest BCUT2D eigenvalue weighted by Gasteiger charge is 2.15. The number of carboxylic acids is 1. The lowest BCUT2D eigenvalue weighted by atomic mass is 10.2. The molecule has 0 aromatic rings. The molecule has 0 heterocycles. The molecule has 0 aromatic heterocycles. The van der Waals surface area contributed by atoms with Gasteiger partial charge in [-0.05, 0) is 27.2 Å². The minimum Gasteiger partial charge on any atom is -0.478 e. The molecule has 0 aliphatic heterocycles. The van der Waals surface area contributed by atoms with Crippen molar-refractivity contribution < 1.29 is 19.4 Å². The molecular formula is C12H21N3O4. The summed E-state index contributed by atoms with van der Waals surface area (Å²) in [4.78, 5) is 21.8. The summed E-state index contributed by atoms with van der Waals surface area (Å²) in [6.07, 6.45) is 2.14. The first-order valence-electron chi connectivity index (χ1n) is 5.90. The van der Waals surface area contributed by atoms with E-state index in [9.17, 15) is 9.59 Å². The van der Waals surface area contributed by atoms with E-state index < -0.39 is 17.7 Å². The maximum atomic E-state index is 11.3. The molecule has 0 saturated carbocycles. The van der Waals surface area contributed by atoms with Gasteiger partial charge in [0, 0.05) is 25.5 Å². The maximum Gasteiger partial charge on any atom is 0.407 e. The molecular weight excluding hydrogens is 250 g/mol. The van der Waals surface area contributed by atoms with E-state index in [-0.39, 0.29) is 5.57 Å². The number of hydrogen-bond donors (Lipinski definition) is 4. The molecule has 0 unspecified atom stereocenters. The van der Waals surface area contributed by atoms with E-state index in [4.69, 9.17) is 15.3 Å². The van der Waals surface area contributed by atoms with E-state index in [0.29, 0.717) is 19.5 Å². The number of carbonyl (C=O) groups is 2. The Kier molecular flexibility index (Phi) is 7.25. The average molecular weight is 271 g/mol. The highest BCUT2D eigenvalue weighted by Crippen LogP contribution is 2.06. The van der Waals surface area contributed by atoms with E-state index in [1.165, 1.54) is 6.20 Å². The molecule has 7 heteroatoms. The van der Waals surface area contributed by atoms with Gasteiger partial charge in [0.1, 0.15) is 5.60 Å². The Hall–Kier alpha value is -2.05. The van der Waals surface area contributed by atoms with Gasteiger partial charge in [-0.25, -0.2) is 9.59 Å². The van der Waals surface area contributed by atoms with Crippen LogP contribution < -0.4 is 10.6 Å². The van der Waals surface area contributed by atoms with Crippen LogP contribution in [0, 0.1) is 5.41 Å². The number of ether oxygens (including phenoxy) is 1. The molecule has 0 aliphatic carbocycles. The first-order valence-corrected chi connectivity index (χ1v) is 5.90. The Morgan fingerprint density at radius 3 is 2.42 bits per heavy atom. The molecule has 0 aromatic carbocycles. The molecule has 0 radical (unpaired) electrons. The smallest absolute Gasteiger partial charge is 0.407 e. The molecule has 1 amide bonds. The van der Waals surface area contributed by atoms with E-state index in [1.807, 2.05) is 0 Å². The Labute approximate surface area is 112 Å². The Morgan fingerprint density at radius 2 is 1.95 bits per heavy atom. The van der Waals surface area contributed by atoms with Crippen LogP contribution in [0.3, 0.4) is 0 Å². The van der Waals surface area contributed by atoms with Crippen molar-refractivity contribution in [3.8, 4) is 0 Å². The molecule has 7 nitrogen and oxygen atoms in total. The van der Waals surface area contributed by atoms with E-state index in [0.717, 1.165) is 6.21 Å². The zero-order chi connectivity index (χ0) is 14.9. The van der Waals surface area contributed by atoms with Gasteiger partial charge < -0.3 is 25.9 Å². The van der Waals surface area contributed by atoms with Crippen molar-refractivity contribution in [2.24, 2.45) is 0 Å². The highest BCUT2D eigenvalue weighted by atomic mass is 16.6. The number of carboxylic acid groups (broad SMARTS) is 1. The minimum atomic E-state index is -1.16. The number of carbonyl (C=O) groups excluding carboxylic acids is 1. The van der Waals surface area contributed by atoms with Crippen LogP contribution in [0.25, 0.3) is 0 Å². The number of alkyl carbamates (subject to hydrolysis) is 1. The van der Waals surface area contributed by atoms with Gasteiger partial charge in [0.15, 0.2) is 0 Å². The summed E-state index contributed by atoms with van der Waals surface area (Å²) in [7, 11) is 0. The molecule has 0 rings (SSSR count). The molecule has 0 fully saturated rings. The third kappa shape index (κ3) is 9.63. The summed E-state index contributed by atoms with van der Waals surface area (Å²) in [5.74, 6) is -1.16. The fourth-order valence-corrected chi connectivity index (χ4v) is 1.04. The molecule has 108 valence electrons. The van der Waals surface area contributed by atoms with Crippen molar-refractivity contribution in [1.29, 1.82) is 5.41 Å². The molecule has 0 spiro atoms. The van der Waals surface area contributed by atoms with Crippen LogP contribution in [0.2, 0.25) is 0 Å². The van der Waals surface area contributed by atoms with Crippen molar-refractivity contribution in [3.05, 3.63) is 11.8 Å². The van der Waals surface area contributed by atoms with Gasteiger partial charge >= 0.3 is 12.1 Å². The van der Waals surface area contributed by atoms with E-state index >= 15 is 0 Å². The third-order valence-corrected chi connectivity index (χ3v) is 1.83. The number of amides is 1. The summed E-state index contributed by atoms with van der Waals surface area (Å²) in [6, 6.07) is 0. The number of hydrogen-bond acceptors (Lipinski definition) is 5. The fourth-order valence-electron chi connectivity index (χ4n) is 1.04. The van der Waals surface area contributed by atoms with Crippen LogP contribution in [0.15, 0.2) is 11.8 Å².